The van der Waals surface area contributed by atoms with E-state index in [1.807, 2.05) is 26.8 Å². The Morgan fingerprint density at radius 2 is 1.93 bits per heavy atom. The Labute approximate surface area is 181 Å². The summed E-state index contributed by atoms with van der Waals surface area (Å²) in [5, 5.41) is 4.82. The van der Waals surface area contributed by atoms with E-state index in [0.29, 0.717) is 39.2 Å². The molecule has 0 amide bonds. The van der Waals surface area contributed by atoms with Crippen LogP contribution >= 0.6 is 23.4 Å². The molecule has 0 aliphatic heterocycles. The van der Waals surface area contributed by atoms with Gasteiger partial charge in [-0.05, 0) is 30.3 Å². The Kier molecular flexibility index (Phi) is 5.38. The van der Waals surface area contributed by atoms with E-state index in [0.717, 1.165) is 0 Å². The zero-order valence-electron chi connectivity index (χ0n) is 16.5. The molecule has 0 aliphatic rings. The molecule has 0 aliphatic carbocycles. The lowest BCUT2D eigenvalue weighted by Gasteiger charge is -2.13. The molecule has 4 rings (SSSR count). The highest BCUT2D eigenvalue weighted by atomic mass is 35.5. The van der Waals surface area contributed by atoms with Crippen LogP contribution in [-0.2, 0) is 11.2 Å². The molecule has 0 spiro atoms. The van der Waals surface area contributed by atoms with Crippen LogP contribution in [0.15, 0.2) is 56.9 Å². The van der Waals surface area contributed by atoms with E-state index in [1.54, 1.807) is 18.2 Å². The van der Waals surface area contributed by atoms with Crippen LogP contribution in [0.5, 0.6) is 0 Å². The maximum atomic E-state index is 13.7. The molecule has 0 radical (unpaired) electrons. The zero-order valence-corrected chi connectivity index (χ0v) is 18.1. The number of fused-ring (bicyclic) bond motifs is 1. The van der Waals surface area contributed by atoms with E-state index >= 15 is 0 Å². The number of hydrogen-bond donors (Lipinski definition) is 0. The predicted molar refractivity (Wildman–Crippen MR) is 115 cm³/mol. The van der Waals surface area contributed by atoms with E-state index in [-0.39, 0.29) is 16.0 Å². The fourth-order valence-electron chi connectivity index (χ4n) is 2.81. The van der Waals surface area contributed by atoms with Gasteiger partial charge in [0, 0.05) is 5.41 Å². The van der Waals surface area contributed by atoms with Crippen molar-refractivity contribution in [1.82, 2.24) is 19.7 Å². The lowest BCUT2D eigenvalue weighted by Crippen LogP contribution is -2.21. The number of aromatic nitrogens is 4. The van der Waals surface area contributed by atoms with E-state index in [1.165, 1.54) is 34.5 Å². The van der Waals surface area contributed by atoms with Gasteiger partial charge in [-0.2, -0.15) is 4.98 Å². The van der Waals surface area contributed by atoms with Gasteiger partial charge in [0.1, 0.15) is 5.82 Å². The fraction of sp³-hybridized carbons (Fsp3) is 0.238. The molecule has 154 valence electrons. The summed E-state index contributed by atoms with van der Waals surface area (Å²) in [7, 11) is 0. The molecule has 0 saturated carbocycles. The molecular formula is C21H18ClFN4O2S. The summed E-state index contributed by atoms with van der Waals surface area (Å²) in [5.41, 5.74) is 0.482. The minimum Gasteiger partial charge on any atom is -0.338 e. The van der Waals surface area contributed by atoms with Crippen molar-refractivity contribution in [2.45, 2.75) is 37.1 Å². The third kappa shape index (κ3) is 3.97. The number of para-hydroxylation sites is 1. The Bertz CT molecular complexity index is 1300. The quantitative estimate of drug-likeness (QED) is 0.320. The minimum atomic E-state index is -0.558. The average Bonchev–Trinajstić information content (AvgIpc) is 3.18. The van der Waals surface area contributed by atoms with Gasteiger partial charge in [0.2, 0.25) is 5.89 Å². The lowest BCUT2D eigenvalue weighted by molar-refractivity contribution is 0.372. The van der Waals surface area contributed by atoms with E-state index < -0.39 is 5.82 Å². The number of nitrogens with zero attached hydrogens (tertiary/aromatic N) is 4. The average molecular weight is 445 g/mol. The smallest absolute Gasteiger partial charge is 0.266 e. The highest BCUT2D eigenvalue weighted by Gasteiger charge is 2.22. The molecule has 0 N–H and O–H groups in total. The van der Waals surface area contributed by atoms with Crippen molar-refractivity contribution in [1.29, 1.82) is 0 Å². The summed E-state index contributed by atoms with van der Waals surface area (Å²) in [6.45, 7) is 5.99. The van der Waals surface area contributed by atoms with Crippen molar-refractivity contribution in [3.05, 3.63) is 75.4 Å². The third-order valence-electron chi connectivity index (χ3n) is 4.37. The second-order valence-corrected chi connectivity index (χ2v) is 9.05. The topological polar surface area (TPSA) is 73.8 Å². The van der Waals surface area contributed by atoms with Gasteiger partial charge in [-0.25, -0.2) is 9.37 Å². The second-order valence-electron chi connectivity index (χ2n) is 7.70. The Morgan fingerprint density at radius 3 is 2.63 bits per heavy atom. The summed E-state index contributed by atoms with van der Waals surface area (Å²) in [5.74, 6) is 0.795. The van der Waals surface area contributed by atoms with Crippen molar-refractivity contribution in [2.24, 2.45) is 0 Å². The van der Waals surface area contributed by atoms with Gasteiger partial charge in [0.05, 0.1) is 27.4 Å². The molecule has 4 aromatic rings. The van der Waals surface area contributed by atoms with Gasteiger partial charge in [-0.1, -0.05) is 61.4 Å². The predicted octanol–water partition coefficient (Wildman–Crippen LogP) is 5.15. The minimum absolute atomic E-state index is 0.0739. The monoisotopic (exact) mass is 444 g/mol. The SMILES string of the molecule is CC(C)(C)c1noc(CSc2nc3ccccc3c(=O)n2-c2ccc(F)c(Cl)c2)n1. The first-order valence-corrected chi connectivity index (χ1v) is 10.5. The molecule has 0 fully saturated rings. The molecular weight excluding hydrogens is 427 g/mol. The second kappa shape index (κ2) is 7.85. The van der Waals surface area contributed by atoms with Crippen LogP contribution in [0, 0.1) is 5.82 Å². The Balaban J connectivity index is 1.78. The maximum Gasteiger partial charge on any atom is 0.266 e. The first-order chi connectivity index (χ1) is 14.2. The van der Waals surface area contributed by atoms with Crippen LogP contribution in [0.4, 0.5) is 4.39 Å². The van der Waals surface area contributed by atoms with Crippen molar-refractivity contribution in [3.63, 3.8) is 0 Å². The molecule has 2 aromatic carbocycles. The van der Waals surface area contributed by atoms with E-state index in [4.69, 9.17) is 16.1 Å². The van der Waals surface area contributed by atoms with Crippen LogP contribution in [-0.4, -0.2) is 19.7 Å². The van der Waals surface area contributed by atoms with Crippen LogP contribution in [0.2, 0.25) is 5.02 Å². The van der Waals surface area contributed by atoms with Crippen molar-refractivity contribution in [2.75, 3.05) is 0 Å². The van der Waals surface area contributed by atoms with E-state index in [2.05, 4.69) is 15.1 Å². The fourth-order valence-corrected chi connectivity index (χ4v) is 3.83. The molecule has 30 heavy (non-hydrogen) atoms. The number of thioether (sulfide) groups is 1. The molecule has 6 nitrogen and oxygen atoms in total. The Hall–Kier alpha value is -2.71. The molecule has 0 bridgehead atoms. The Morgan fingerprint density at radius 1 is 1.17 bits per heavy atom. The number of hydrogen-bond acceptors (Lipinski definition) is 6. The highest BCUT2D eigenvalue weighted by Crippen LogP contribution is 2.27. The normalized spacial score (nSPS) is 11.9. The first-order valence-electron chi connectivity index (χ1n) is 9.17. The highest BCUT2D eigenvalue weighted by molar-refractivity contribution is 7.98. The summed E-state index contributed by atoms with van der Waals surface area (Å²) in [6.07, 6.45) is 0. The number of benzene rings is 2. The molecule has 0 unspecified atom stereocenters. The standard InChI is InChI=1S/C21H18ClFN4O2S/c1-21(2,3)19-25-17(29-26-19)11-30-20-24-16-7-5-4-6-13(16)18(28)27(20)12-8-9-15(23)14(22)10-12/h4-10H,11H2,1-3H3. The van der Waals surface area contributed by atoms with Crippen LogP contribution < -0.4 is 5.56 Å². The van der Waals surface area contributed by atoms with Gasteiger partial charge in [0.25, 0.3) is 5.56 Å². The van der Waals surface area contributed by atoms with Gasteiger partial charge < -0.3 is 4.52 Å². The van der Waals surface area contributed by atoms with Crippen LogP contribution in [0.1, 0.15) is 32.5 Å². The molecule has 2 aromatic heterocycles. The van der Waals surface area contributed by atoms with Crippen LogP contribution in [0.25, 0.3) is 16.6 Å². The number of rotatable bonds is 4. The summed E-state index contributed by atoms with van der Waals surface area (Å²) in [4.78, 5) is 22.3. The lowest BCUT2D eigenvalue weighted by atomic mass is 9.96. The molecule has 2 heterocycles. The molecule has 0 saturated heterocycles. The molecule has 0 atom stereocenters. The van der Waals surface area contributed by atoms with Crippen LogP contribution in [0.3, 0.4) is 0 Å². The summed E-state index contributed by atoms with van der Waals surface area (Å²) in [6, 6.07) is 11.2. The van der Waals surface area contributed by atoms with Gasteiger partial charge in [0.15, 0.2) is 11.0 Å². The van der Waals surface area contributed by atoms with Gasteiger partial charge >= 0.3 is 0 Å². The third-order valence-corrected chi connectivity index (χ3v) is 5.58. The summed E-state index contributed by atoms with van der Waals surface area (Å²) >= 11 is 7.23. The van der Waals surface area contributed by atoms with Crippen molar-refractivity contribution >= 4 is 34.3 Å². The van der Waals surface area contributed by atoms with Gasteiger partial charge in [-0.3, -0.25) is 9.36 Å². The van der Waals surface area contributed by atoms with Gasteiger partial charge in [-0.15, -0.1) is 0 Å². The van der Waals surface area contributed by atoms with Crippen molar-refractivity contribution < 1.29 is 8.91 Å². The summed E-state index contributed by atoms with van der Waals surface area (Å²) < 4.78 is 20.4. The largest absolute Gasteiger partial charge is 0.338 e. The van der Waals surface area contributed by atoms with E-state index in [9.17, 15) is 9.18 Å². The maximum absolute atomic E-state index is 13.7. The molecule has 9 heteroatoms. The first kappa shape index (κ1) is 20.6. The van der Waals surface area contributed by atoms with Crippen molar-refractivity contribution in [3.8, 4) is 5.69 Å². The zero-order chi connectivity index (χ0) is 21.5. The number of halogens is 2.